The number of aliphatic hydroxyl groups is 3. The van der Waals surface area contributed by atoms with Crippen LogP contribution < -0.4 is 0 Å². The van der Waals surface area contributed by atoms with Gasteiger partial charge in [0.05, 0.1) is 12.7 Å². The fraction of sp³-hybridized carbons (Fsp3) is 1.00. The molecule has 1 aliphatic rings. The Morgan fingerprint density at radius 3 is 2.30 bits per heavy atom. The van der Waals surface area contributed by atoms with Crippen molar-refractivity contribution in [2.75, 3.05) is 6.61 Å². The molecule has 0 saturated carbocycles. The SMILES string of the molecule is C[C@H]1COC(O)[C@@H](O)C1O. The second-order valence-electron chi connectivity index (χ2n) is 2.68. The van der Waals surface area contributed by atoms with E-state index in [9.17, 15) is 0 Å². The van der Waals surface area contributed by atoms with Crippen molar-refractivity contribution in [3.8, 4) is 0 Å². The molecule has 0 radical (unpaired) electrons. The van der Waals surface area contributed by atoms with Gasteiger partial charge in [-0.3, -0.25) is 0 Å². The van der Waals surface area contributed by atoms with E-state index < -0.39 is 18.5 Å². The molecule has 0 spiro atoms. The van der Waals surface area contributed by atoms with Crippen molar-refractivity contribution >= 4 is 0 Å². The standard InChI is InChI=1S/C6H12O4/c1-3-2-10-6(9)5(8)4(3)7/h3-9H,2H2,1H3/t3-,4?,5-,6?/m0/s1. The Bertz CT molecular complexity index is 102. The van der Waals surface area contributed by atoms with Crippen LogP contribution in [-0.4, -0.2) is 40.4 Å². The second-order valence-corrected chi connectivity index (χ2v) is 2.68. The third-order valence-electron chi connectivity index (χ3n) is 1.75. The first-order chi connectivity index (χ1) is 4.63. The molecule has 3 N–H and O–H groups in total. The van der Waals surface area contributed by atoms with Gasteiger partial charge in [-0.05, 0) is 0 Å². The highest BCUT2D eigenvalue weighted by Gasteiger charge is 2.34. The van der Waals surface area contributed by atoms with Gasteiger partial charge in [-0.2, -0.15) is 0 Å². The van der Waals surface area contributed by atoms with E-state index in [4.69, 9.17) is 20.1 Å². The van der Waals surface area contributed by atoms with E-state index in [0.29, 0.717) is 6.61 Å². The average molecular weight is 148 g/mol. The maximum atomic E-state index is 9.13. The normalized spacial score (nSPS) is 49.2. The van der Waals surface area contributed by atoms with Crippen molar-refractivity contribution < 1.29 is 20.1 Å². The smallest absolute Gasteiger partial charge is 0.183 e. The Labute approximate surface area is 59.1 Å². The Balaban J connectivity index is 2.52. The molecule has 0 aromatic rings. The van der Waals surface area contributed by atoms with Crippen molar-refractivity contribution in [3.05, 3.63) is 0 Å². The summed E-state index contributed by atoms with van der Waals surface area (Å²) in [5.41, 5.74) is 0. The van der Waals surface area contributed by atoms with E-state index in [1.54, 1.807) is 6.92 Å². The lowest BCUT2D eigenvalue weighted by Crippen LogP contribution is -2.48. The zero-order valence-electron chi connectivity index (χ0n) is 5.77. The van der Waals surface area contributed by atoms with E-state index in [2.05, 4.69) is 0 Å². The highest BCUT2D eigenvalue weighted by molar-refractivity contribution is 4.79. The van der Waals surface area contributed by atoms with Crippen LogP contribution in [-0.2, 0) is 4.74 Å². The molecule has 1 rings (SSSR count). The van der Waals surface area contributed by atoms with Gasteiger partial charge in [0.2, 0.25) is 0 Å². The van der Waals surface area contributed by atoms with Crippen molar-refractivity contribution in [1.29, 1.82) is 0 Å². The molecule has 1 fully saturated rings. The minimum atomic E-state index is -1.23. The lowest BCUT2D eigenvalue weighted by molar-refractivity contribution is -0.236. The topological polar surface area (TPSA) is 69.9 Å². The molecule has 0 aromatic heterocycles. The Hall–Kier alpha value is -0.160. The van der Waals surface area contributed by atoms with Gasteiger partial charge in [0, 0.05) is 5.92 Å². The molecule has 4 nitrogen and oxygen atoms in total. The van der Waals surface area contributed by atoms with Crippen LogP contribution in [0.1, 0.15) is 6.92 Å². The highest BCUT2D eigenvalue weighted by Crippen LogP contribution is 2.17. The predicted octanol–water partition coefficient (Wildman–Crippen LogP) is -1.31. The molecule has 60 valence electrons. The van der Waals surface area contributed by atoms with Gasteiger partial charge in [-0.25, -0.2) is 0 Å². The van der Waals surface area contributed by atoms with Gasteiger partial charge in [-0.15, -0.1) is 0 Å². The molecule has 0 aromatic carbocycles. The van der Waals surface area contributed by atoms with Crippen LogP contribution in [0.15, 0.2) is 0 Å². The summed E-state index contributed by atoms with van der Waals surface area (Å²) in [7, 11) is 0. The van der Waals surface area contributed by atoms with Gasteiger partial charge in [0.25, 0.3) is 0 Å². The zero-order chi connectivity index (χ0) is 7.72. The minimum Gasteiger partial charge on any atom is -0.390 e. The molecular formula is C6H12O4. The largest absolute Gasteiger partial charge is 0.390 e. The summed E-state index contributed by atoms with van der Waals surface area (Å²) < 4.78 is 4.72. The summed E-state index contributed by atoms with van der Waals surface area (Å²) in [4.78, 5) is 0. The number of rotatable bonds is 0. The molecule has 4 atom stereocenters. The molecule has 10 heavy (non-hydrogen) atoms. The van der Waals surface area contributed by atoms with Crippen LogP contribution in [0.3, 0.4) is 0 Å². The quantitative estimate of drug-likeness (QED) is 0.399. The molecule has 0 amide bonds. The summed E-state index contributed by atoms with van der Waals surface area (Å²) in [6.07, 6.45) is -3.27. The van der Waals surface area contributed by atoms with E-state index in [-0.39, 0.29) is 5.92 Å². The molecule has 1 saturated heterocycles. The van der Waals surface area contributed by atoms with Crippen molar-refractivity contribution in [1.82, 2.24) is 0 Å². The van der Waals surface area contributed by atoms with Gasteiger partial charge >= 0.3 is 0 Å². The first-order valence-corrected chi connectivity index (χ1v) is 3.28. The van der Waals surface area contributed by atoms with Crippen LogP contribution >= 0.6 is 0 Å². The maximum Gasteiger partial charge on any atom is 0.183 e. The number of aliphatic hydroxyl groups excluding tert-OH is 3. The summed E-state index contributed by atoms with van der Waals surface area (Å²) in [5, 5.41) is 27.0. The molecule has 0 bridgehead atoms. The van der Waals surface area contributed by atoms with Crippen molar-refractivity contribution in [2.45, 2.75) is 25.4 Å². The van der Waals surface area contributed by atoms with Crippen molar-refractivity contribution in [2.24, 2.45) is 5.92 Å². The minimum absolute atomic E-state index is 0.113. The monoisotopic (exact) mass is 148 g/mol. The van der Waals surface area contributed by atoms with E-state index in [1.807, 2.05) is 0 Å². The lowest BCUT2D eigenvalue weighted by atomic mass is 9.98. The predicted molar refractivity (Wildman–Crippen MR) is 33.1 cm³/mol. The highest BCUT2D eigenvalue weighted by atomic mass is 16.6. The zero-order valence-corrected chi connectivity index (χ0v) is 5.77. The first kappa shape index (κ1) is 7.94. The number of hydrogen-bond acceptors (Lipinski definition) is 4. The number of ether oxygens (including phenoxy) is 1. The molecule has 4 heteroatoms. The second kappa shape index (κ2) is 2.84. The number of hydrogen-bond donors (Lipinski definition) is 3. The fourth-order valence-corrected chi connectivity index (χ4v) is 0.953. The van der Waals surface area contributed by atoms with Crippen LogP contribution in [0.2, 0.25) is 0 Å². The molecular weight excluding hydrogens is 136 g/mol. The van der Waals surface area contributed by atoms with E-state index in [1.165, 1.54) is 0 Å². The molecule has 1 aliphatic heterocycles. The summed E-state index contributed by atoms with van der Waals surface area (Å²) in [5.74, 6) is -0.113. The fourth-order valence-electron chi connectivity index (χ4n) is 0.953. The summed E-state index contributed by atoms with van der Waals surface area (Å²) in [6, 6.07) is 0. The van der Waals surface area contributed by atoms with Gasteiger partial charge in [0.15, 0.2) is 6.29 Å². The molecule has 1 heterocycles. The summed E-state index contributed by atoms with van der Waals surface area (Å²) in [6.45, 7) is 2.04. The first-order valence-electron chi connectivity index (χ1n) is 3.28. The Morgan fingerprint density at radius 2 is 1.80 bits per heavy atom. The maximum absolute atomic E-state index is 9.13. The molecule has 2 unspecified atom stereocenters. The van der Waals surface area contributed by atoms with E-state index in [0.717, 1.165) is 0 Å². The van der Waals surface area contributed by atoms with Crippen LogP contribution in [0, 0.1) is 5.92 Å². The third kappa shape index (κ3) is 1.29. The van der Waals surface area contributed by atoms with Gasteiger partial charge in [0.1, 0.15) is 6.10 Å². The van der Waals surface area contributed by atoms with Crippen molar-refractivity contribution in [3.63, 3.8) is 0 Å². The van der Waals surface area contributed by atoms with Crippen LogP contribution in [0.4, 0.5) is 0 Å². The van der Waals surface area contributed by atoms with Gasteiger partial charge < -0.3 is 20.1 Å². The molecule has 0 aliphatic carbocycles. The van der Waals surface area contributed by atoms with E-state index >= 15 is 0 Å². The Kier molecular flexibility index (Phi) is 2.25. The summed E-state index contributed by atoms with van der Waals surface area (Å²) >= 11 is 0. The van der Waals surface area contributed by atoms with Crippen LogP contribution in [0.5, 0.6) is 0 Å². The Morgan fingerprint density at radius 1 is 1.20 bits per heavy atom. The average Bonchev–Trinajstić information content (AvgIpc) is 1.93. The van der Waals surface area contributed by atoms with Gasteiger partial charge in [-0.1, -0.05) is 6.92 Å². The third-order valence-corrected chi connectivity index (χ3v) is 1.75. The van der Waals surface area contributed by atoms with Crippen LogP contribution in [0.25, 0.3) is 0 Å². The lowest BCUT2D eigenvalue weighted by Gasteiger charge is -2.32.